The van der Waals surface area contributed by atoms with Crippen molar-refractivity contribution in [3.05, 3.63) is 36.5 Å². The Balaban J connectivity index is 2.08. The average Bonchev–Trinajstić information content (AvgIpc) is 3.20. The molecule has 0 unspecified atom stereocenters. The first kappa shape index (κ1) is 10.8. The van der Waals surface area contributed by atoms with Gasteiger partial charge in [0.25, 0.3) is 0 Å². The number of para-hydroxylation sites is 1. The smallest absolute Gasteiger partial charge is 0.0722 e. The van der Waals surface area contributed by atoms with Crippen molar-refractivity contribution in [3.8, 4) is 0 Å². The lowest BCUT2D eigenvalue weighted by atomic mass is 10.1. The van der Waals surface area contributed by atoms with Crippen molar-refractivity contribution in [1.82, 2.24) is 4.98 Å². The summed E-state index contributed by atoms with van der Waals surface area (Å²) in [6.45, 7) is 0.917. The molecule has 88 valence electrons. The number of pyridine rings is 1. The number of alkyl halides is 1. The first-order chi connectivity index (χ1) is 8.40. The van der Waals surface area contributed by atoms with E-state index in [0.29, 0.717) is 11.9 Å². The molecule has 1 aromatic heterocycles. The molecule has 2 aromatic rings. The summed E-state index contributed by atoms with van der Waals surface area (Å²) in [5, 5.41) is 1.23. The maximum Gasteiger partial charge on any atom is 0.0722 e. The van der Waals surface area contributed by atoms with Crippen molar-refractivity contribution in [2.24, 2.45) is 0 Å². The number of hydrogen-bond acceptors (Lipinski definition) is 2. The standard InChI is InChI=1S/C14H15ClN2/c15-8-10-17(11-5-6-11)14-7-9-16-13-4-2-1-3-12(13)14/h1-4,7,9,11H,5-6,8,10H2. The average molecular weight is 247 g/mol. The minimum atomic E-state index is 0.674. The van der Waals surface area contributed by atoms with E-state index < -0.39 is 0 Å². The third-order valence-electron chi connectivity index (χ3n) is 3.25. The van der Waals surface area contributed by atoms with Crippen LogP contribution in [-0.4, -0.2) is 23.5 Å². The van der Waals surface area contributed by atoms with Gasteiger partial charge in [0.15, 0.2) is 0 Å². The lowest BCUT2D eigenvalue weighted by Crippen LogP contribution is -2.27. The maximum atomic E-state index is 5.91. The SMILES string of the molecule is ClCCN(c1ccnc2ccccc12)C1CC1. The van der Waals surface area contributed by atoms with Crippen LogP contribution in [0.4, 0.5) is 5.69 Å². The van der Waals surface area contributed by atoms with Gasteiger partial charge in [-0.2, -0.15) is 0 Å². The van der Waals surface area contributed by atoms with Crippen LogP contribution in [0.3, 0.4) is 0 Å². The van der Waals surface area contributed by atoms with Gasteiger partial charge in [-0.3, -0.25) is 4.98 Å². The van der Waals surface area contributed by atoms with Gasteiger partial charge in [-0.1, -0.05) is 18.2 Å². The van der Waals surface area contributed by atoms with Gasteiger partial charge < -0.3 is 4.90 Å². The Morgan fingerprint density at radius 1 is 1.24 bits per heavy atom. The van der Waals surface area contributed by atoms with E-state index in [4.69, 9.17) is 11.6 Å². The van der Waals surface area contributed by atoms with Gasteiger partial charge in [0.1, 0.15) is 0 Å². The molecule has 0 bridgehead atoms. The molecular weight excluding hydrogens is 232 g/mol. The highest BCUT2D eigenvalue weighted by Gasteiger charge is 2.29. The van der Waals surface area contributed by atoms with E-state index in [9.17, 15) is 0 Å². The van der Waals surface area contributed by atoms with Gasteiger partial charge in [0.2, 0.25) is 0 Å². The summed E-state index contributed by atoms with van der Waals surface area (Å²) in [5.41, 5.74) is 2.34. The summed E-state index contributed by atoms with van der Waals surface area (Å²) in [6.07, 6.45) is 4.46. The van der Waals surface area contributed by atoms with Crippen LogP contribution in [0.25, 0.3) is 10.9 Å². The summed E-state index contributed by atoms with van der Waals surface area (Å²) in [7, 11) is 0. The highest BCUT2D eigenvalue weighted by molar-refractivity contribution is 6.18. The first-order valence-corrected chi connectivity index (χ1v) is 6.60. The molecule has 0 radical (unpaired) electrons. The van der Waals surface area contributed by atoms with Crippen LogP contribution >= 0.6 is 11.6 Å². The lowest BCUT2D eigenvalue weighted by Gasteiger charge is -2.24. The fourth-order valence-corrected chi connectivity index (χ4v) is 2.49. The summed E-state index contributed by atoms with van der Waals surface area (Å²) < 4.78 is 0. The van der Waals surface area contributed by atoms with E-state index in [2.05, 4.69) is 34.1 Å². The van der Waals surface area contributed by atoms with Crippen molar-refractivity contribution in [2.75, 3.05) is 17.3 Å². The molecule has 1 aromatic carbocycles. The summed E-state index contributed by atoms with van der Waals surface area (Å²) in [4.78, 5) is 6.83. The van der Waals surface area contributed by atoms with E-state index in [0.717, 1.165) is 12.1 Å². The molecule has 0 spiro atoms. The maximum absolute atomic E-state index is 5.91. The van der Waals surface area contributed by atoms with E-state index in [1.54, 1.807) is 0 Å². The Bertz CT molecular complexity index is 517. The molecule has 3 rings (SSSR count). The molecule has 1 aliphatic carbocycles. The van der Waals surface area contributed by atoms with Gasteiger partial charge in [0.05, 0.1) is 5.52 Å². The highest BCUT2D eigenvalue weighted by Crippen LogP contribution is 2.34. The molecule has 1 fully saturated rings. The number of benzene rings is 1. The Morgan fingerprint density at radius 3 is 2.82 bits per heavy atom. The lowest BCUT2D eigenvalue weighted by molar-refractivity contribution is 0.833. The first-order valence-electron chi connectivity index (χ1n) is 6.06. The summed E-state index contributed by atoms with van der Waals surface area (Å²) >= 11 is 5.91. The number of fused-ring (bicyclic) bond motifs is 1. The quantitative estimate of drug-likeness (QED) is 0.769. The molecule has 0 aliphatic heterocycles. The number of halogens is 1. The predicted molar refractivity (Wildman–Crippen MR) is 72.8 cm³/mol. The number of rotatable bonds is 4. The second kappa shape index (κ2) is 4.53. The second-order valence-electron chi connectivity index (χ2n) is 4.46. The van der Waals surface area contributed by atoms with E-state index in [-0.39, 0.29) is 0 Å². The highest BCUT2D eigenvalue weighted by atomic mass is 35.5. The van der Waals surface area contributed by atoms with Gasteiger partial charge in [-0.05, 0) is 25.0 Å². The van der Waals surface area contributed by atoms with Gasteiger partial charge >= 0.3 is 0 Å². The number of anilines is 1. The van der Waals surface area contributed by atoms with Crippen LogP contribution in [0.2, 0.25) is 0 Å². The minimum absolute atomic E-state index is 0.674. The molecule has 0 amide bonds. The third-order valence-corrected chi connectivity index (χ3v) is 3.42. The van der Waals surface area contributed by atoms with Gasteiger partial charge in [-0.15, -0.1) is 11.6 Å². The zero-order valence-electron chi connectivity index (χ0n) is 9.64. The van der Waals surface area contributed by atoms with Crippen LogP contribution in [0.15, 0.2) is 36.5 Å². The molecule has 0 atom stereocenters. The molecule has 1 aliphatic rings. The monoisotopic (exact) mass is 246 g/mol. The normalized spacial score (nSPS) is 15.1. The predicted octanol–water partition coefficient (Wildman–Crippen LogP) is 3.44. The fraction of sp³-hybridized carbons (Fsp3) is 0.357. The van der Waals surface area contributed by atoms with Crippen molar-refractivity contribution in [2.45, 2.75) is 18.9 Å². The Hall–Kier alpha value is -1.28. The Morgan fingerprint density at radius 2 is 2.06 bits per heavy atom. The van der Waals surface area contributed by atoms with Crippen LogP contribution in [-0.2, 0) is 0 Å². The van der Waals surface area contributed by atoms with E-state index in [1.807, 2.05) is 12.3 Å². The topological polar surface area (TPSA) is 16.1 Å². The molecular formula is C14H15ClN2. The van der Waals surface area contributed by atoms with Crippen molar-refractivity contribution < 1.29 is 0 Å². The molecule has 1 saturated carbocycles. The molecule has 2 nitrogen and oxygen atoms in total. The number of nitrogens with zero attached hydrogens (tertiary/aromatic N) is 2. The Kier molecular flexibility index (Phi) is 2.89. The summed E-state index contributed by atoms with van der Waals surface area (Å²) in [5.74, 6) is 0.674. The molecule has 17 heavy (non-hydrogen) atoms. The zero-order chi connectivity index (χ0) is 11.7. The van der Waals surface area contributed by atoms with Crippen LogP contribution in [0.5, 0.6) is 0 Å². The van der Waals surface area contributed by atoms with Crippen LogP contribution in [0.1, 0.15) is 12.8 Å². The number of aromatic nitrogens is 1. The second-order valence-corrected chi connectivity index (χ2v) is 4.84. The van der Waals surface area contributed by atoms with E-state index in [1.165, 1.54) is 23.9 Å². The molecule has 0 saturated heterocycles. The number of hydrogen-bond donors (Lipinski definition) is 0. The van der Waals surface area contributed by atoms with Crippen molar-refractivity contribution >= 4 is 28.2 Å². The van der Waals surface area contributed by atoms with Crippen molar-refractivity contribution in [3.63, 3.8) is 0 Å². The minimum Gasteiger partial charge on any atom is -0.367 e. The van der Waals surface area contributed by atoms with Crippen molar-refractivity contribution in [1.29, 1.82) is 0 Å². The zero-order valence-corrected chi connectivity index (χ0v) is 10.4. The summed E-state index contributed by atoms with van der Waals surface area (Å²) in [6, 6.07) is 11.1. The molecule has 0 N–H and O–H groups in total. The van der Waals surface area contributed by atoms with Crippen LogP contribution < -0.4 is 4.90 Å². The molecule has 1 heterocycles. The van der Waals surface area contributed by atoms with Crippen LogP contribution in [0, 0.1) is 0 Å². The van der Waals surface area contributed by atoms with Gasteiger partial charge in [-0.25, -0.2) is 0 Å². The fourth-order valence-electron chi connectivity index (χ4n) is 2.31. The largest absolute Gasteiger partial charge is 0.367 e. The third kappa shape index (κ3) is 2.09. The Labute approximate surface area is 106 Å². The van der Waals surface area contributed by atoms with Gasteiger partial charge in [0, 0.05) is 35.7 Å². The van der Waals surface area contributed by atoms with E-state index >= 15 is 0 Å². The molecule has 3 heteroatoms.